The summed E-state index contributed by atoms with van der Waals surface area (Å²) >= 11 is 7.35. The van der Waals surface area contributed by atoms with Gasteiger partial charge in [-0.25, -0.2) is 4.79 Å². The molecule has 1 amide bonds. The van der Waals surface area contributed by atoms with Crippen LogP contribution in [0, 0.1) is 0 Å². The first-order chi connectivity index (χ1) is 8.56. The summed E-state index contributed by atoms with van der Waals surface area (Å²) in [5.41, 5.74) is 0.176. The van der Waals surface area contributed by atoms with Crippen molar-refractivity contribution < 1.29 is 14.7 Å². The molecule has 0 unspecified atom stereocenters. The number of pyridine rings is 1. The topological polar surface area (TPSA) is 79.3 Å². The van der Waals surface area contributed by atoms with E-state index in [4.69, 9.17) is 16.7 Å². The van der Waals surface area contributed by atoms with Crippen molar-refractivity contribution >= 4 is 35.2 Å². The predicted molar refractivity (Wildman–Crippen MR) is 71.1 cm³/mol. The number of carboxylic acid groups (broad SMARTS) is 1. The van der Waals surface area contributed by atoms with Crippen LogP contribution in [0.2, 0.25) is 5.02 Å². The largest absolute Gasteiger partial charge is 0.480 e. The van der Waals surface area contributed by atoms with Crippen molar-refractivity contribution in [1.82, 2.24) is 10.3 Å². The van der Waals surface area contributed by atoms with Crippen molar-refractivity contribution in [3.8, 4) is 0 Å². The predicted octanol–water partition coefficient (Wildman–Crippen LogP) is 1.67. The molecule has 18 heavy (non-hydrogen) atoms. The van der Waals surface area contributed by atoms with Crippen molar-refractivity contribution in [2.24, 2.45) is 0 Å². The molecule has 1 rings (SSSR count). The van der Waals surface area contributed by atoms with Gasteiger partial charge in [0, 0.05) is 12.4 Å². The number of thioether (sulfide) groups is 1. The van der Waals surface area contributed by atoms with Crippen LogP contribution in [0.1, 0.15) is 16.8 Å². The molecule has 1 atom stereocenters. The quantitative estimate of drug-likeness (QED) is 0.832. The molecule has 0 aliphatic rings. The maximum Gasteiger partial charge on any atom is 0.326 e. The van der Waals surface area contributed by atoms with E-state index in [1.165, 1.54) is 30.2 Å². The Morgan fingerprint density at radius 3 is 2.89 bits per heavy atom. The number of aliphatic carboxylic acids is 1. The number of nitrogens with zero attached hydrogens (tertiary/aromatic N) is 1. The molecule has 5 nitrogen and oxygen atoms in total. The molecule has 0 aromatic carbocycles. The van der Waals surface area contributed by atoms with Crippen molar-refractivity contribution in [1.29, 1.82) is 0 Å². The molecule has 0 saturated carbocycles. The number of amides is 1. The van der Waals surface area contributed by atoms with Crippen molar-refractivity contribution in [2.75, 3.05) is 12.0 Å². The van der Waals surface area contributed by atoms with Crippen LogP contribution >= 0.6 is 23.4 Å². The van der Waals surface area contributed by atoms with E-state index in [9.17, 15) is 9.59 Å². The molecule has 0 saturated heterocycles. The second-order valence-electron chi connectivity index (χ2n) is 3.50. The Labute approximate surface area is 114 Å². The minimum Gasteiger partial charge on any atom is -0.480 e. The van der Waals surface area contributed by atoms with Crippen molar-refractivity contribution in [2.45, 2.75) is 12.5 Å². The second-order valence-corrected chi connectivity index (χ2v) is 4.89. The van der Waals surface area contributed by atoms with E-state index in [-0.39, 0.29) is 10.6 Å². The van der Waals surface area contributed by atoms with Gasteiger partial charge in [0.15, 0.2) is 0 Å². The zero-order valence-corrected chi connectivity index (χ0v) is 11.3. The monoisotopic (exact) mass is 288 g/mol. The van der Waals surface area contributed by atoms with Gasteiger partial charge in [0.2, 0.25) is 0 Å². The van der Waals surface area contributed by atoms with E-state index in [1.807, 2.05) is 6.26 Å². The molecule has 0 aliphatic carbocycles. The summed E-state index contributed by atoms with van der Waals surface area (Å²) in [6, 6.07) is 0.565. The van der Waals surface area contributed by atoms with Crippen molar-refractivity contribution in [3.05, 3.63) is 29.0 Å². The van der Waals surface area contributed by atoms with Gasteiger partial charge in [-0.05, 0) is 24.5 Å². The highest BCUT2D eigenvalue weighted by Gasteiger charge is 2.21. The highest BCUT2D eigenvalue weighted by atomic mass is 35.5. The molecule has 0 spiro atoms. The number of halogens is 1. The Bertz CT molecular complexity index is 442. The first-order valence-corrected chi connectivity index (χ1v) is 6.95. The van der Waals surface area contributed by atoms with Gasteiger partial charge in [-0.1, -0.05) is 11.6 Å². The number of carbonyl (C=O) groups excluding carboxylic acids is 1. The van der Waals surface area contributed by atoms with Gasteiger partial charge in [-0.3, -0.25) is 9.78 Å². The Kier molecular flexibility index (Phi) is 5.94. The van der Waals surface area contributed by atoms with Crippen LogP contribution in [-0.2, 0) is 4.79 Å². The molecule has 0 aliphatic heterocycles. The Balaban J connectivity index is 2.72. The van der Waals surface area contributed by atoms with Crippen LogP contribution < -0.4 is 5.32 Å². The van der Waals surface area contributed by atoms with Crippen LogP contribution in [0.3, 0.4) is 0 Å². The summed E-state index contributed by atoms with van der Waals surface area (Å²) in [5.74, 6) is -0.933. The summed E-state index contributed by atoms with van der Waals surface area (Å²) in [7, 11) is 0. The Morgan fingerprint density at radius 1 is 1.61 bits per heavy atom. The minimum absolute atomic E-state index is 0.176. The lowest BCUT2D eigenvalue weighted by Gasteiger charge is -2.14. The van der Waals surface area contributed by atoms with Gasteiger partial charge < -0.3 is 10.4 Å². The highest BCUT2D eigenvalue weighted by Crippen LogP contribution is 2.13. The fraction of sp³-hybridized carbons (Fsp3) is 0.364. The smallest absolute Gasteiger partial charge is 0.326 e. The third-order valence-corrected chi connectivity index (χ3v) is 3.20. The lowest BCUT2D eigenvalue weighted by atomic mass is 10.2. The van der Waals surface area contributed by atoms with Crippen LogP contribution in [-0.4, -0.2) is 40.0 Å². The summed E-state index contributed by atoms with van der Waals surface area (Å²) in [4.78, 5) is 26.6. The normalized spacial score (nSPS) is 11.9. The van der Waals surface area contributed by atoms with E-state index in [0.717, 1.165) is 0 Å². The maximum absolute atomic E-state index is 11.8. The molecule has 1 aromatic heterocycles. The van der Waals surface area contributed by atoms with Crippen LogP contribution in [0.4, 0.5) is 0 Å². The third kappa shape index (κ3) is 4.19. The lowest BCUT2D eigenvalue weighted by molar-refractivity contribution is -0.139. The number of hydrogen-bond donors (Lipinski definition) is 2. The SMILES string of the molecule is CSCC[C@H](NC(=O)c1cnccc1Cl)C(=O)O. The van der Waals surface area contributed by atoms with Gasteiger partial charge >= 0.3 is 5.97 Å². The van der Waals surface area contributed by atoms with Crippen molar-refractivity contribution in [3.63, 3.8) is 0 Å². The number of carboxylic acids is 1. The van der Waals surface area contributed by atoms with E-state index in [1.54, 1.807) is 0 Å². The van der Waals surface area contributed by atoms with Gasteiger partial charge in [-0.15, -0.1) is 0 Å². The molecular formula is C11H13ClN2O3S. The number of hydrogen-bond acceptors (Lipinski definition) is 4. The van der Waals surface area contributed by atoms with E-state index < -0.39 is 17.9 Å². The number of nitrogens with one attached hydrogen (secondary N) is 1. The Hall–Kier alpha value is -1.27. The zero-order chi connectivity index (χ0) is 13.5. The van der Waals surface area contributed by atoms with Crippen LogP contribution in [0.5, 0.6) is 0 Å². The molecule has 7 heteroatoms. The molecule has 1 heterocycles. The van der Waals surface area contributed by atoms with Crippen LogP contribution in [0.25, 0.3) is 0 Å². The van der Waals surface area contributed by atoms with E-state index >= 15 is 0 Å². The second kappa shape index (κ2) is 7.23. The third-order valence-electron chi connectivity index (χ3n) is 2.23. The first kappa shape index (κ1) is 14.8. The number of rotatable bonds is 6. The highest BCUT2D eigenvalue weighted by molar-refractivity contribution is 7.98. The standard InChI is InChI=1S/C11H13ClN2O3S/c1-18-5-3-9(11(16)17)14-10(15)7-6-13-4-2-8(7)12/h2,4,6,9H,3,5H2,1H3,(H,14,15)(H,16,17)/t9-/m0/s1. The lowest BCUT2D eigenvalue weighted by Crippen LogP contribution is -2.41. The fourth-order valence-electron chi connectivity index (χ4n) is 1.27. The van der Waals surface area contributed by atoms with Gasteiger partial charge in [-0.2, -0.15) is 11.8 Å². The van der Waals surface area contributed by atoms with Gasteiger partial charge in [0.05, 0.1) is 10.6 Å². The average Bonchev–Trinajstić information content (AvgIpc) is 2.34. The van der Waals surface area contributed by atoms with Gasteiger partial charge in [0.25, 0.3) is 5.91 Å². The van der Waals surface area contributed by atoms with E-state index in [0.29, 0.717) is 12.2 Å². The summed E-state index contributed by atoms with van der Waals surface area (Å²) in [6.45, 7) is 0. The first-order valence-electron chi connectivity index (χ1n) is 5.18. The minimum atomic E-state index is -1.06. The maximum atomic E-state index is 11.8. The number of aromatic nitrogens is 1. The average molecular weight is 289 g/mol. The molecule has 98 valence electrons. The molecule has 0 bridgehead atoms. The molecular weight excluding hydrogens is 276 g/mol. The Morgan fingerprint density at radius 2 is 2.33 bits per heavy atom. The molecule has 0 fully saturated rings. The van der Waals surface area contributed by atoms with E-state index in [2.05, 4.69) is 10.3 Å². The molecule has 0 radical (unpaired) electrons. The summed E-state index contributed by atoms with van der Waals surface area (Å²) < 4.78 is 0. The molecule has 1 aromatic rings. The summed E-state index contributed by atoms with van der Waals surface area (Å²) in [6.07, 6.45) is 5.01. The number of carbonyl (C=O) groups is 2. The summed E-state index contributed by atoms with van der Waals surface area (Å²) in [5, 5.41) is 11.7. The zero-order valence-electron chi connectivity index (χ0n) is 9.72. The fourth-order valence-corrected chi connectivity index (χ4v) is 1.94. The van der Waals surface area contributed by atoms with Crippen LogP contribution in [0.15, 0.2) is 18.5 Å². The van der Waals surface area contributed by atoms with Gasteiger partial charge in [0.1, 0.15) is 6.04 Å². The molecule has 2 N–H and O–H groups in total.